The predicted octanol–water partition coefficient (Wildman–Crippen LogP) is 2.85. The summed E-state index contributed by atoms with van der Waals surface area (Å²) in [7, 11) is 0. The number of rotatable bonds is 3. The predicted molar refractivity (Wildman–Crippen MR) is 82.6 cm³/mol. The lowest BCUT2D eigenvalue weighted by atomic mass is 10.1. The van der Waals surface area contributed by atoms with Crippen LogP contribution in [0.5, 0.6) is 0 Å². The van der Waals surface area contributed by atoms with Crippen molar-refractivity contribution < 1.29 is 9.59 Å². The SMILES string of the molecule is CCN1C(=O)Cc2cc(C(=O)Nc3ccccc3)ccc21. The van der Waals surface area contributed by atoms with Gasteiger partial charge < -0.3 is 10.2 Å². The van der Waals surface area contributed by atoms with Crippen LogP contribution >= 0.6 is 0 Å². The van der Waals surface area contributed by atoms with Gasteiger partial charge in [0.25, 0.3) is 5.91 Å². The maximum atomic E-state index is 12.2. The molecule has 1 aliphatic heterocycles. The van der Waals surface area contributed by atoms with Crippen LogP contribution < -0.4 is 10.2 Å². The van der Waals surface area contributed by atoms with Crippen LogP contribution in [0.3, 0.4) is 0 Å². The second kappa shape index (κ2) is 5.40. The molecule has 0 unspecified atom stereocenters. The van der Waals surface area contributed by atoms with Gasteiger partial charge in [0.1, 0.15) is 0 Å². The second-order valence-electron chi connectivity index (χ2n) is 4.98. The smallest absolute Gasteiger partial charge is 0.255 e. The largest absolute Gasteiger partial charge is 0.322 e. The molecular weight excluding hydrogens is 264 g/mol. The average Bonchev–Trinajstić information content (AvgIpc) is 2.82. The van der Waals surface area contributed by atoms with Gasteiger partial charge in [0.05, 0.1) is 6.42 Å². The van der Waals surface area contributed by atoms with E-state index in [0.717, 1.165) is 16.9 Å². The van der Waals surface area contributed by atoms with Crippen molar-refractivity contribution in [3.05, 3.63) is 59.7 Å². The number of carbonyl (C=O) groups excluding carboxylic acids is 2. The van der Waals surface area contributed by atoms with Gasteiger partial charge in [-0.05, 0) is 42.8 Å². The van der Waals surface area contributed by atoms with Crippen LogP contribution in [0.1, 0.15) is 22.8 Å². The molecule has 0 bridgehead atoms. The number of likely N-dealkylation sites (N-methyl/N-ethyl adjacent to an activating group) is 1. The molecule has 0 atom stereocenters. The minimum Gasteiger partial charge on any atom is -0.322 e. The lowest BCUT2D eigenvalue weighted by molar-refractivity contribution is -0.117. The van der Waals surface area contributed by atoms with Crippen LogP contribution in [0.2, 0.25) is 0 Å². The molecule has 4 heteroatoms. The van der Waals surface area contributed by atoms with Crippen LogP contribution in [0.15, 0.2) is 48.5 Å². The molecule has 0 radical (unpaired) electrons. The van der Waals surface area contributed by atoms with Crippen molar-refractivity contribution in [1.82, 2.24) is 0 Å². The Hall–Kier alpha value is -2.62. The molecule has 1 heterocycles. The van der Waals surface area contributed by atoms with Gasteiger partial charge in [-0.1, -0.05) is 18.2 Å². The molecule has 0 aromatic heterocycles. The summed E-state index contributed by atoms with van der Waals surface area (Å²) >= 11 is 0. The summed E-state index contributed by atoms with van der Waals surface area (Å²) in [6.07, 6.45) is 0.371. The fourth-order valence-electron chi connectivity index (χ4n) is 2.60. The molecule has 1 N–H and O–H groups in total. The Kier molecular flexibility index (Phi) is 3.44. The number of hydrogen-bond acceptors (Lipinski definition) is 2. The number of carbonyl (C=O) groups is 2. The van der Waals surface area contributed by atoms with Crippen LogP contribution in [-0.4, -0.2) is 18.4 Å². The van der Waals surface area contributed by atoms with E-state index in [1.54, 1.807) is 17.0 Å². The Morgan fingerprint density at radius 3 is 2.67 bits per heavy atom. The van der Waals surface area contributed by atoms with E-state index in [-0.39, 0.29) is 11.8 Å². The minimum atomic E-state index is -0.161. The summed E-state index contributed by atoms with van der Waals surface area (Å²) < 4.78 is 0. The Bertz CT molecular complexity index is 695. The summed E-state index contributed by atoms with van der Waals surface area (Å²) in [4.78, 5) is 25.8. The van der Waals surface area contributed by atoms with Gasteiger partial charge >= 0.3 is 0 Å². The number of para-hydroxylation sites is 1. The first-order valence-corrected chi connectivity index (χ1v) is 6.98. The third-order valence-electron chi connectivity index (χ3n) is 3.62. The van der Waals surface area contributed by atoms with Gasteiger partial charge in [-0.25, -0.2) is 0 Å². The van der Waals surface area contributed by atoms with Crippen molar-refractivity contribution in [3.63, 3.8) is 0 Å². The highest BCUT2D eigenvalue weighted by atomic mass is 16.2. The van der Waals surface area contributed by atoms with Crippen molar-refractivity contribution in [1.29, 1.82) is 0 Å². The number of anilines is 2. The van der Waals surface area contributed by atoms with E-state index in [0.29, 0.717) is 18.5 Å². The molecule has 0 fully saturated rings. The van der Waals surface area contributed by atoms with Gasteiger partial charge in [0.2, 0.25) is 5.91 Å². The first kappa shape index (κ1) is 13.4. The molecule has 0 saturated carbocycles. The van der Waals surface area contributed by atoms with E-state index >= 15 is 0 Å². The topological polar surface area (TPSA) is 49.4 Å². The van der Waals surface area contributed by atoms with Crippen molar-refractivity contribution in [2.24, 2.45) is 0 Å². The molecule has 4 nitrogen and oxygen atoms in total. The Morgan fingerprint density at radius 1 is 1.19 bits per heavy atom. The van der Waals surface area contributed by atoms with E-state index in [1.165, 1.54) is 0 Å². The highest BCUT2D eigenvalue weighted by Crippen LogP contribution is 2.29. The first-order chi connectivity index (χ1) is 10.2. The quantitative estimate of drug-likeness (QED) is 0.940. The van der Waals surface area contributed by atoms with Gasteiger partial charge in [-0.15, -0.1) is 0 Å². The fourth-order valence-corrected chi connectivity index (χ4v) is 2.60. The molecule has 106 valence electrons. The van der Waals surface area contributed by atoms with Crippen molar-refractivity contribution in [2.45, 2.75) is 13.3 Å². The molecule has 2 aromatic carbocycles. The number of hydrogen-bond donors (Lipinski definition) is 1. The van der Waals surface area contributed by atoms with E-state index in [1.807, 2.05) is 43.3 Å². The molecule has 21 heavy (non-hydrogen) atoms. The van der Waals surface area contributed by atoms with Gasteiger partial charge in [0.15, 0.2) is 0 Å². The maximum absolute atomic E-state index is 12.2. The van der Waals surface area contributed by atoms with E-state index < -0.39 is 0 Å². The molecular formula is C17H16N2O2. The first-order valence-electron chi connectivity index (χ1n) is 6.98. The number of nitrogens with one attached hydrogen (secondary N) is 1. The lowest BCUT2D eigenvalue weighted by Gasteiger charge is -2.14. The van der Waals surface area contributed by atoms with Gasteiger partial charge in [0, 0.05) is 23.5 Å². The van der Waals surface area contributed by atoms with Gasteiger partial charge in [-0.2, -0.15) is 0 Å². The maximum Gasteiger partial charge on any atom is 0.255 e. The zero-order chi connectivity index (χ0) is 14.8. The van der Waals surface area contributed by atoms with Crippen molar-refractivity contribution in [3.8, 4) is 0 Å². The monoisotopic (exact) mass is 280 g/mol. The summed E-state index contributed by atoms with van der Waals surface area (Å²) in [5, 5.41) is 2.85. The molecule has 3 rings (SSSR count). The normalized spacial score (nSPS) is 13.2. The zero-order valence-electron chi connectivity index (χ0n) is 11.8. The number of fused-ring (bicyclic) bond motifs is 1. The van der Waals surface area contributed by atoms with E-state index in [9.17, 15) is 9.59 Å². The van der Waals surface area contributed by atoms with Gasteiger partial charge in [-0.3, -0.25) is 9.59 Å². The lowest BCUT2D eigenvalue weighted by Crippen LogP contribution is -2.25. The molecule has 0 spiro atoms. The highest BCUT2D eigenvalue weighted by Gasteiger charge is 2.26. The fraction of sp³-hybridized carbons (Fsp3) is 0.176. The molecule has 2 aromatic rings. The van der Waals surface area contributed by atoms with E-state index in [4.69, 9.17) is 0 Å². The average molecular weight is 280 g/mol. The molecule has 0 aliphatic carbocycles. The zero-order valence-corrected chi connectivity index (χ0v) is 11.8. The highest BCUT2D eigenvalue weighted by molar-refractivity contribution is 6.07. The summed E-state index contributed by atoms with van der Waals surface area (Å²) in [5.41, 5.74) is 3.17. The number of benzene rings is 2. The minimum absolute atomic E-state index is 0.0908. The Balaban J connectivity index is 1.83. The van der Waals surface area contributed by atoms with Crippen LogP contribution in [-0.2, 0) is 11.2 Å². The summed E-state index contributed by atoms with van der Waals surface area (Å²) in [5.74, 6) is -0.0699. The Labute approximate surface area is 123 Å². The third-order valence-corrected chi connectivity index (χ3v) is 3.62. The van der Waals surface area contributed by atoms with Crippen molar-refractivity contribution >= 4 is 23.2 Å². The van der Waals surface area contributed by atoms with Crippen LogP contribution in [0, 0.1) is 0 Å². The molecule has 1 aliphatic rings. The molecule has 2 amide bonds. The second-order valence-corrected chi connectivity index (χ2v) is 4.98. The van der Waals surface area contributed by atoms with Crippen molar-refractivity contribution in [2.75, 3.05) is 16.8 Å². The number of amides is 2. The van der Waals surface area contributed by atoms with Crippen LogP contribution in [0.4, 0.5) is 11.4 Å². The third kappa shape index (κ3) is 2.52. The van der Waals surface area contributed by atoms with Crippen LogP contribution in [0.25, 0.3) is 0 Å². The number of nitrogens with zero attached hydrogens (tertiary/aromatic N) is 1. The Morgan fingerprint density at radius 2 is 1.95 bits per heavy atom. The summed E-state index contributed by atoms with van der Waals surface area (Å²) in [6.45, 7) is 2.60. The summed E-state index contributed by atoms with van der Waals surface area (Å²) in [6, 6.07) is 14.7. The molecule has 0 saturated heterocycles. The van der Waals surface area contributed by atoms with E-state index in [2.05, 4.69) is 5.32 Å². The standard InChI is InChI=1S/C17H16N2O2/c1-2-19-15-9-8-12(10-13(15)11-16(19)20)17(21)18-14-6-4-3-5-7-14/h3-10H,2,11H2,1H3,(H,18,21).